The molecule has 0 aliphatic rings. The molecular weight excluding hydrogens is 292 g/mol. The number of rotatable bonds is 8. The summed E-state index contributed by atoms with van der Waals surface area (Å²) in [5.41, 5.74) is 4.92. The first kappa shape index (κ1) is 16.5. The molecule has 0 atom stereocenters. The van der Waals surface area contributed by atoms with Crippen molar-refractivity contribution in [3.05, 3.63) is 77.7 Å². The number of aromatic amines is 1. The maximum atomic E-state index is 4.71. The number of unbranched alkanes of at least 4 members (excludes halogenated alkanes) is 3. The van der Waals surface area contributed by atoms with Crippen LogP contribution in [0.1, 0.15) is 49.6 Å². The average Bonchev–Trinajstić information content (AvgIpc) is 3.09. The van der Waals surface area contributed by atoms with E-state index in [0.717, 1.165) is 23.5 Å². The third kappa shape index (κ3) is 4.58. The summed E-state index contributed by atoms with van der Waals surface area (Å²) in [5, 5.41) is 0. The van der Waals surface area contributed by atoms with E-state index in [9.17, 15) is 0 Å². The second-order valence-electron chi connectivity index (χ2n) is 6.40. The summed E-state index contributed by atoms with van der Waals surface area (Å²) >= 11 is 0. The Morgan fingerprint density at radius 1 is 0.833 bits per heavy atom. The monoisotopic (exact) mass is 318 g/mol. The molecule has 2 nitrogen and oxygen atoms in total. The number of nitrogens with zero attached hydrogens (tertiary/aromatic N) is 1. The Bertz CT molecular complexity index is 726. The van der Waals surface area contributed by atoms with Crippen molar-refractivity contribution in [2.45, 2.75) is 45.4 Å². The van der Waals surface area contributed by atoms with Crippen LogP contribution in [-0.4, -0.2) is 9.97 Å². The highest BCUT2D eigenvalue weighted by atomic mass is 14.9. The van der Waals surface area contributed by atoms with Crippen molar-refractivity contribution in [2.75, 3.05) is 0 Å². The van der Waals surface area contributed by atoms with Gasteiger partial charge < -0.3 is 4.98 Å². The summed E-state index contributed by atoms with van der Waals surface area (Å²) in [6.07, 6.45) is 9.32. The second kappa shape index (κ2) is 8.49. The van der Waals surface area contributed by atoms with E-state index in [4.69, 9.17) is 4.98 Å². The molecule has 3 aromatic rings. The van der Waals surface area contributed by atoms with Crippen molar-refractivity contribution in [3.63, 3.8) is 0 Å². The van der Waals surface area contributed by atoms with Gasteiger partial charge in [0.1, 0.15) is 5.82 Å². The van der Waals surface area contributed by atoms with Crippen LogP contribution < -0.4 is 0 Å². The van der Waals surface area contributed by atoms with Gasteiger partial charge in [-0.3, -0.25) is 0 Å². The van der Waals surface area contributed by atoms with Gasteiger partial charge in [-0.15, -0.1) is 0 Å². The van der Waals surface area contributed by atoms with E-state index in [2.05, 4.69) is 48.3 Å². The van der Waals surface area contributed by atoms with Crippen molar-refractivity contribution in [3.8, 4) is 11.3 Å². The van der Waals surface area contributed by atoms with Gasteiger partial charge in [0.25, 0.3) is 0 Å². The molecule has 0 radical (unpaired) electrons. The maximum absolute atomic E-state index is 4.71. The molecule has 3 rings (SSSR count). The molecule has 1 aromatic heterocycles. The molecule has 0 spiro atoms. The lowest BCUT2D eigenvalue weighted by Crippen LogP contribution is -1.92. The first-order chi connectivity index (χ1) is 11.8. The maximum Gasteiger partial charge on any atom is 0.111 e. The molecule has 0 amide bonds. The molecule has 0 saturated heterocycles. The smallest absolute Gasteiger partial charge is 0.111 e. The van der Waals surface area contributed by atoms with E-state index < -0.39 is 0 Å². The predicted molar refractivity (Wildman–Crippen MR) is 101 cm³/mol. The van der Waals surface area contributed by atoms with Crippen molar-refractivity contribution >= 4 is 0 Å². The van der Waals surface area contributed by atoms with Gasteiger partial charge in [-0.1, -0.05) is 80.8 Å². The van der Waals surface area contributed by atoms with E-state index in [1.165, 1.54) is 43.2 Å². The molecule has 124 valence electrons. The average molecular weight is 318 g/mol. The molecule has 0 bridgehead atoms. The summed E-state index contributed by atoms with van der Waals surface area (Å²) < 4.78 is 0. The fourth-order valence-electron chi connectivity index (χ4n) is 2.98. The number of aromatic nitrogens is 2. The molecule has 0 fully saturated rings. The number of nitrogens with one attached hydrogen (secondary N) is 1. The van der Waals surface area contributed by atoms with E-state index in [-0.39, 0.29) is 0 Å². The standard InChI is InChI=1S/C22H26N2/c1-2-3-4-6-9-18-12-14-19(15-13-18)16-22-23-17-21(24-22)20-10-7-5-8-11-20/h5,7-8,10-15,17H,2-4,6,9,16H2,1H3,(H,23,24). The van der Waals surface area contributed by atoms with Gasteiger partial charge in [0.05, 0.1) is 5.69 Å². The summed E-state index contributed by atoms with van der Waals surface area (Å²) in [7, 11) is 0. The minimum atomic E-state index is 0.850. The molecule has 0 aliphatic heterocycles. The SMILES string of the molecule is CCCCCCc1ccc(Cc2nc(-c3ccccc3)c[nH]2)cc1. The molecule has 2 heteroatoms. The zero-order valence-corrected chi connectivity index (χ0v) is 14.5. The Morgan fingerprint density at radius 2 is 1.58 bits per heavy atom. The van der Waals surface area contributed by atoms with E-state index >= 15 is 0 Å². The van der Waals surface area contributed by atoms with Crippen molar-refractivity contribution in [1.29, 1.82) is 0 Å². The van der Waals surface area contributed by atoms with Gasteiger partial charge in [0, 0.05) is 18.2 Å². The zero-order valence-electron chi connectivity index (χ0n) is 14.5. The fourth-order valence-corrected chi connectivity index (χ4v) is 2.98. The number of benzene rings is 2. The molecule has 1 N–H and O–H groups in total. The van der Waals surface area contributed by atoms with Crippen LogP contribution in [0.5, 0.6) is 0 Å². The number of aryl methyl sites for hydroxylation is 1. The van der Waals surface area contributed by atoms with Crippen LogP contribution >= 0.6 is 0 Å². The Kier molecular flexibility index (Phi) is 5.84. The van der Waals surface area contributed by atoms with Crippen LogP contribution in [0.15, 0.2) is 60.8 Å². The van der Waals surface area contributed by atoms with Gasteiger partial charge in [0.2, 0.25) is 0 Å². The minimum absolute atomic E-state index is 0.850. The van der Waals surface area contributed by atoms with Gasteiger partial charge in [0.15, 0.2) is 0 Å². The normalized spacial score (nSPS) is 10.9. The molecule has 24 heavy (non-hydrogen) atoms. The van der Waals surface area contributed by atoms with E-state index in [1.807, 2.05) is 24.4 Å². The topological polar surface area (TPSA) is 28.7 Å². The first-order valence-electron chi connectivity index (χ1n) is 9.02. The number of H-pyrrole nitrogens is 1. The number of imidazole rings is 1. The number of hydrogen-bond donors (Lipinski definition) is 1. The Balaban J connectivity index is 1.57. The first-order valence-corrected chi connectivity index (χ1v) is 9.02. The zero-order chi connectivity index (χ0) is 16.6. The predicted octanol–water partition coefficient (Wildman–Crippen LogP) is 5.79. The summed E-state index contributed by atoms with van der Waals surface area (Å²) in [6, 6.07) is 19.3. The highest BCUT2D eigenvalue weighted by molar-refractivity contribution is 5.58. The fraction of sp³-hybridized carbons (Fsp3) is 0.318. The molecule has 0 unspecified atom stereocenters. The summed E-state index contributed by atoms with van der Waals surface area (Å²) in [6.45, 7) is 2.26. The lowest BCUT2D eigenvalue weighted by molar-refractivity contribution is 0.667. The highest BCUT2D eigenvalue weighted by Gasteiger charge is 2.04. The number of hydrogen-bond acceptors (Lipinski definition) is 1. The summed E-state index contributed by atoms with van der Waals surface area (Å²) in [5.74, 6) is 1.02. The Labute approximate surface area is 145 Å². The van der Waals surface area contributed by atoms with Crippen LogP contribution in [0.2, 0.25) is 0 Å². The van der Waals surface area contributed by atoms with Crippen LogP contribution in [-0.2, 0) is 12.8 Å². The Hall–Kier alpha value is -2.35. The van der Waals surface area contributed by atoms with Gasteiger partial charge in [-0.2, -0.15) is 0 Å². The van der Waals surface area contributed by atoms with Crippen LogP contribution in [0.25, 0.3) is 11.3 Å². The third-order valence-corrected chi connectivity index (χ3v) is 4.41. The van der Waals surface area contributed by atoms with Gasteiger partial charge in [-0.25, -0.2) is 4.98 Å². The van der Waals surface area contributed by atoms with Crippen molar-refractivity contribution in [1.82, 2.24) is 9.97 Å². The summed E-state index contributed by atoms with van der Waals surface area (Å²) in [4.78, 5) is 8.02. The molecule has 2 aromatic carbocycles. The molecular formula is C22H26N2. The Morgan fingerprint density at radius 3 is 2.33 bits per heavy atom. The van der Waals surface area contributed by atoms with Gasteiger partial charge >= 0.3 is 0 Å². The second-order valence-corrected chi connectivity index (χ2v) is 6.40. The van der Waals surface area contributed by atoms with Crippen LogP contribution in [0.3, 0.4) is 0 Å². The molecule has 1 heterocycles. The quantitative estimate of drug-likeness (QED) is 0.523. The van der Waals surface area contributed by atoms with Crippen molar-refractivity contribution in [2.24, 2.45) is 0 Å². The third-order valence-electron chi connectivity index (χ3n) is 4.41. The molecule has 0 saturated carbocycles. The van der Waals surface area contributed by atoms with Crippen molar-refractivity contribution < 1.29 is 0 Å². The van der Waals surface area contributed by atoms with E-state index in [0.29, 0.717) is 0 Å². The van der Waals surface area contributed by atoms with Gasteiger partial charge in [-0.05, 0) is 24.0 Å². The van der Waals surface area contributed by atoms with Crippen LogP contribution in [0, 0.1) is 0 Å². The van der Waals surface area contributed by atoms with Crippen LogP contribution in [0.4, 0.5) is 0 Å². The minimum Gasteiger partial charge on any atom is -0.348 e. The lowest BCUT2D eigenvalue weighted by Gasteiger charge is -2.03. The largest absolute Gasteiger partial charge is 0.348 e. The van der Waals surface area contributed by atoms with E-state index in [1.54, 1.807) is 0 Å². The lowest BCUT2D eigenvalue weighted by atomic mass is 10.0. The molecule has 0 aliphatic carbocycles. The highest BCUT2D eigenvalue weighted by Crippen LogP contribution is 2.18.